The molecule has 1 amide bonds. The normalized spacial score (nSPS) is 13.9. The Balaban J connectivity index is 2.28. The molecule has 0 aliphatic rings. The summed E-state index contributed by atoms with van der Waals surface area (Å²) in [4.78, 5) is 19.9. The van der Waals surface area contributed by atoms with Gasteiger partial charge >= 0.3 is 6.09 Å². The number of alkyl carbamates (subject to hydrolysis) is 1. The van der Waals surface area contributed by atoms with Gasteiger partial charge in [0, 0.05) is 6.20 Å². The second-order valence-electron chi connectivity index (χ2n) is 6.21. The molecule has 0 aliphatic carbocycles. The van der Waals surface area contributed by atoms with Crippen LogP contribution in [0.5, 0.6) is 0 Å². The molecule has 0 aromatic carbocycles. The topological polar surface area (TPSA) is 84.3 Å². The van der Waals surface area contributed by atoms with Gasteiger partial charge in [-0.05, 0) is 45.0 Å². The number of aliphatic hydroxyl groups is 1. The number of halogens is 1. The van der Waals surface area contributed by atoms with Crippen molar-refractivity contribution >= 4 is 6.09 Å². The van der Waals surface area contributed by atoms with Crippen LogP contribution in [0.1, 0.15) is 44.3 Å². The van der Waals surface area contributed by atoms with Gasteiger partial charge in [-0.1, -0.05) is 12.1 Å². The van der Waals surface area contributed by atoms with Crippen LogP contribution < -0.4 is 5.32 Å². The molecule has 7 heteroatoms. The number of ether oxygens (including phenoxy) is 1. The molecule has 2 aromatic rings. The van der Waals surface area contributed by atoms with Crippen LogP contribution in [0.3, 0.4) is 0 Å². The fourth-order valence-electron chi connectivity index (χ4n) is 2.07. The quantitative estimate of drug-likeness (QED) is 0.841. The van der Waals surface area contributed by atoms with Crippen molar-refractivity contribution in [2.75, 3.05) is 0 Å². The van der Waals surface area contributed by atoms with Crippen LogP contribution in [0.25, 0.3) is 0 Å². The SMILES string of the molecule is CC(C)(C)OC(=O)NC(c1ccccn1)C(O)c1cccc(F)n1. The van der Waals surface area contributed by atoms with Gasteiger partial charge in [0.2, 0.25) is 5.95 Å². The number of nitrogens with zero attached hydrogens (tertiary/aromatic N) is 2. The minimum atomic E-state index is -1.29. The van der Waals surface area contributed by atoms with Gasteiger partial charge < -0.3 is 15.2 Å². The fraction of sp³-hybridized carbons (Fsp3) is 0.353. The molecular formula is C17H20FN3O3. The number of rotatable bonds is 4. The van der Waals surface area contributed by atoms with E-state index in [4.69, 9.17) is 4.74 Å². The van der Waals surface area contributed by atoms with E-state index < -0.39 is 29.8 Å². The molecule has 2 aromatic heterocycles. The van der Waals surface area contributed by atoms with E-state index in [0.29, 0.717) is 5.69 Å². The number of nitrogens with one attached hydrogen (secondary N) is 1. The van der Waals surface area contributed by atoms with E-state index in [9.17, 15) is 14.3 Å². The Morgan fingerprint density at radius 3 is 2.50 bits per heavy atom. The van der Waals surface area contributed by atoms with Crippen LogP contribution in [0.2, 0.25) is 0 Å². The van der Waals surface area contributed by atoms with Gasteiger partial charge in [0.25, 0.3) is 0 Å². The van der Waals surface area contributed by atoms with Crippen molar-refractivity contribution in [1.29, 1.82) is 0 Å². The van der Waals surface area contributed by atoms with E-state index in [-0.39, 0.29) is 5.69 Å². The maximum atomic E-state index is 13.3. The summed E-state index contributed by atoms with van der Waals surface area (Å²) in [6, 6.07) is 8.22. The van der Waals surface area contributed by atoms with Gasteiger partial charge in [0.05, 0.1) is 11.4 Å². The third-order valence-electron chi connectivity index (χ3n) is 3.03. The molecule has 0 fully saturated rings. The molecule has 0 saturated heterocycles. The Hall–Kier alpha value is -2.54. The van der Waals surface area contributed by atoms with E-state index >= 15 is 0 Å². The Kier molecular flexibility index (Phi) is 5.46. The number of aliphatic hydroxyl groups excluding tert-OH is 1. The molecule has 2 atom stereocenters. The molecule has 0 radical (unpaired) electrons. The third-order valence-corrected chi connectivity index (χ3v) is 3.03. The molecule has 0 saturated carbocycles. The first-order chi connectivity index (χ1) is 11.3. The monoisotopic (exact) mass is 333 g/mol. The van der Waals surface area contributed by atoms with Crippen molar-refractivity contribution in [2.24, 2.45) is 0 Å². The fourth-order valence-corrected chi connectivity index (χ4v) is 2.07. The lowest BCUT2D eigenvalue weighted by Crippen LogP contribution is -2.37. The highest BCUT2D eigenvalue weighted by Crippen LogP contribution is 2.27. The van der Waals surface area contributed by atoms with E-state index in [2.05, 4.69) is 15.3 Å². The van der Waals surface area contributed by atoms with Crippen LogP contribution in [0.4, 0.5) is 9.18 Å². The predicted octanol–water partition coefficient (Wildman–Crippen LogP) is 2.92. The third kappa shape index (κ3) is 4.99. The number of carbonyl (C=O) groups excluding carboxylic acids is 1. The number of carbonyl (C=O) groups is 1. The minimum Gasteiger partial charge on any atom is -0.444 e. The Morgan fingerprint density at radius 2 is 1.92 bits per heavy atom. The molecule has 0 aliphatic heterocycles. The highest BCUT2D eigenvalue weighted by molar-refractivity contribution is 5.68. The first-order valence-electron chi connectivity index (χ1n) is 7.47. The largest absolute Gasteiger partial charge is 0.444 e. The van der Waals surface area contributed by atoms with Gasteiger partial charge in [0.15, 0.2) is 0 Å². The molecule has 2 N–H and O–H groups in total. The van der Waals surface area contributed by atoms with Crippen LogP contribution >= 0.6 is 0 Å². The van der Waals surface area contributed by atoms with Crippen LogP contribution in [0, 0.1) is 5.95 Å². The summed E-state index contributed by atoms with van der Waals surface area (Å²) >= 11 is 0. The lowest BCUT2D eigenvalue weighted by molar-refractivity contribution is 0.0411. The number of hydrogen-bond donors (Lipinski definition) is 2. The molecule has 128 valence electrons. The molecule has 0 bridgehead atoms. The number of pyridine rings is 2. The predicted molar refractivity (Wildman–Crippen MR) is 85.5 cm³/mol. The van der Waals surface area contributed by atoms with Gasteiger partial charge in [-0.2, -0.15) is 4.39 Å². The zero-order chi connectivity index (χ0) is 17.7. The standard InChI is InChI=1S/C17H20FN3O3/c1-17(2,3)24-16(23)21-14(11-7-4-5-10-19-11)15(22)12-8-6-9-13(18)20-12/h4-10,14-15,22H,1-3H3,(H,21,23). The highest BCUT2D eigenvalue weighted by atomic mass is 19.1. The maximum absolute atomic E-state index is 13.3. The zero-order valence-corrected chi connectivity index (χ0v) is 13.7. The van der Waals surface area contributed by atoms with Crippen molar-refractivity contribution in [3.8, 4) is 0 Å². The van der Waals surface area contributed by atoms with Crippen molar-refractivity contribution in [2.45, 2.75) is 38.5 Å². The number of amides is 1. The van der Waals surface area contributed by atoms with Crippen molar-refractivity contribution in [1.82, 2.24) is 15.3 Å². The van der Waals surface area contributed by atoms with Gasteiger partial charge in [0.1, 0.15) is 17.7 Å². The summed E-state index contributed by atoms with van der Waals surface area (Å²) < 4.78 is 18.5. The second kappa shape index (κ2) is 7.35. The second-order valence-corrected chi connectivity index (χ2v) is 6.21. The molecule has 2 unspecified atom stereocenters. The molecule has 6 nitrogen and oxygen atoms in total. The Morgan fingerprint density at radius 1 is 1.21 bits per heavy atom. The van der Waals surface area contributed by atoms with Gasteiger partial charge in [-0.15, -0.1) is 0 Å². The first-order valence-corrected chi connectivity index (χ1v) is 7.47. The molecule has 2 rings (SSSR count). The summed E-state index contributed by atoms with van der Waals surface area (Å²) in [6.07, 6.45) is -0.470. The van der Waals surface area contributed by atoms with E-state index in [1.807, 2.05) is 0 Å². The van der Waals surface area contributed by atoms with E-state index in [0.717, 1.165) is 0 Å². The summed E-state index contributed by atoms with van der Waals surface area (Å²) in [5, 5.41) is 13.1. The zero-order valence-electron chi connectivity index (χ0n) is 13.7. The van der Waals surface area contributed by atoms with Crippen LogP contribution in [0.15, 0.2) is 42.6 Å². The summed E-state index contributed by atoms with van der Waals surface area (Å²) in [5.41, 5.74) is -0.204. The first kappa shape index (κ1) is 17.8. The van der Waals surface area contributed by atoms with Crippen molar-refractivity contribution in [3.05, 3.63) is 59.9 Å². The van der Waals surface area contributed by atoms with Crippen molar-refractivity contribution in [3.63, 3.8) is 0 Å². The lowest BCUT2D eigenvalue weighted by atomic mass is 10.0. The summed E-state index contributed by atoms with van der Waals surface area (Å²) in [7, 11) is 0. The van der Waals surface area contributed by atoms with E-state index in [1.165, 1.54) is 24.4 Å². The Labute approximate surface area is 139 Å². The van der Waals surface area contributed by atoms with Gasteiger partial charge in [-0.25, -0.2) is 9.78 Å². The average Bonchev–Trinajstić information content (AvgIpc) is 2.51. The number of aromatic nitrogens is 2. The molecular weight excluding hydrogens is 313 g/mol. The van der Waals surface area contributed by atoms with E-state index in [1.54, 1.807) is 39.0 Å². The molecule has 2 heterocycles. The lowest BCUT2D eigenvalue weighted by Gasteiger charge is -2.26. The average molecular weight is 333 g/mol. The van der Waals surface area contributed by atoms with Crippen molar-refractivity contribution < 1.29 is 19.0 Å². The van der Waals surface area contributed by atoms with Gasteiger partial charge in [-0.3, -0.25) is 4.98 Å². The Bertz CT molecular complexity index is 689. The van der Waals surface area contributed by atoms with Crippen LogP contribution in [-0.4, -0.2) is 26.8 Å². The summed E-state index contributed by atoms with van der Waals surface area (Å²) in [6.45, 7) is 5.19. The molecule has 24 heavy (non-hydrogen) atoms. The molecule has 0 spiro atoms. The minimum absolute atomic E-state index is 0.0849. The number of hydrogen-bond acceptors (Lipinski definition) is 5. The maximum Gasteiger partial charge on any atom is 0.408 e. The summed E-state index contributed by atoms with van der Waals surface area (Å²) in [5.74, 6) is -0.719. The highest BCUT2D eigenvalue weighted by Gasteiger charge is 2.29. The van der Waals surface area contributed by atoms with Crippen LogP contribution in [-0.2, 0) is 4.74 Å². The smallest absolute Gasteiger partial charge is 0.408 e.